The number of carbonyl (C=O) groups is 3. The monoisotopic (exact) mass is 586 g/mol. The molecule has 1 heterocycles. The van der Waals surface area contributed by atoms with Crippen LogP contribution < -0.4 is 10.6 Å². The van der Waals surface area contributed by atoms with Gasteiger partial charge in [0.25, 0.3) is 0 Å². The molecule has 0 aromatic heterocycles. The predicted molar refractivity (Wildman–Crippen MR) is 173 cm³/mol. The third kappa shape index (κ3) is 7.04. The van der Waals surface area contributed by atoms with E-state index in [0.29, 0.717) is 5.57 Å². The molecule has 0 bridgehead atoms. The number of likely N-dealkylation sites (tertiary alicyclic amines) is 1. The minimum atomic E-state index is -0.649. The second kappa shape index (κ2) is 13.9. The van der Waals surface area contributed by atoms with Gasteiger partial charge in [-0.2, -0.15) is 0 Å². The zero-order valence-corrected chi connectivity index (χ0v) is 27.2. The van der Waals surface area contributed by atoms with E-state index in [1.54, 1.807) is 18.9 Å². The highest BCUT2D eigenvalue weighted by atomic mass is 16.2. The van der Waals surface area contributed by atoms with Crippen molar-refractivity contribution in [1.82, 2.24) is 20.4 Å². The van der Waals surface area contributed by atoms with Crippen LogP contribution in [0.25, 0.3) is 11.1 Å². The van der Waals surface area contributed by atoms with Gasteiger partial charge in [0, 0.05) is 18.7 Å². The van der Waals surface area contributed by atoms with E-state index in [9.17, 15) is 14.4 Å². The van der Waals surface area contributed by atoms with Crippen molar-refractivity contribution in [1.29, 1.82) is 0 Å². The number of nitrogens with zero attached hydrogens (tertiary/aromatic N) is 2. The molecular formula is C36H50N4O3. The summed E-state index contributed by atoms with van der Waals surface area (Å²) in [6.45, 7) is 15.0. The second-order valence-electron chi connectivity index (χ2n) is 13.2. The Morgan fingerprint density at radius 1 is 0.884 bits per heavy atom. The molecule has 43 heavy (non-hydrogen) atoms. The van der Waals surface area contributed by atoms with Crippen molar-refractivity contribution in [3.8, 4) is 11.1 Å². The Balaban J connectivity index is 1.50. The van der Waals surface area contributed by atoms with Gasteiger partial charge in [-0.05, 0) is 74.2 Å². The lowest BCUT2D eigenvalue weighted by molar-refractivity contribution is -0.140. The first-order chi connectivity index (χ1) is 20.4. The maximum Gasteiger partial charge on any atom is 0.247 e. The maximum atomic E-state index is 13.9. The van der Waals surface area contributed by atoms with Crippen molar-refractivity contribution in [2.45, 2.75) is 97.9 Å². The summed E-state index contributed by atoms with van der Waals surface area (Å²) in [5, 5.41) is 6.36. The number of hydrogen-bond acceptors (Lipinski definition) is 4. The number of nitrogens with one attached hydrogen (secondary N) is 2. The van der Waals surface area contributed by atoms with Crippen molar-refractivity contribution in [2.24, 2.45) is 11.8 Å². The maximum absolute atomic E-state index is 13.9. The van der Waals surface area contributed by atoms with Gasteiger partial charge in [0.15, 0.2) is 0 Å². The van der Waals surface area contributed by atoms with Gasteiger partial charge in [-0.3, -0.25) is 19.3 Å². The molecule has 7 heteroatoms. The molecule has 0 saturated carbocycles. The highest BCUT2D eigenvalue weighted by molar-refractivity contribution is 5.95. The van der Waals surface area contributed by atoms with Gasteiger partial charge < -0.3 is 15.5 Å². The van der Waals surface area contributed by atoms with Crippen LogP contribution in [-0.4, -0.2) is 65.3 Å². The lowest BCUT2D eigenvalue weighted by Crippen LogP contribution is -2.58. The van der Waals surface area contributed by atoms with E-state index in [2.05, 4.69) is 53.6 Å². The van der Waals surface area contributed by atoms with Crippen LogP contribution in [0, 0.1) is 11.8 Å². The zero-order valence-electron chi connectivity index (χ0n) is 27.2. The van der Waals surface area contributed by atoms with Crippen molar-refractivity contribution < 1.29 is 14.4 Å². The summed E-state index contributed by atoms with van der Waals surface area (Å²) in [6.07, 6.45) is 4.80. The predicted octanol–water partition coefficient (Wildman–Crippen LogP) is 5.71. The summed E-state index contributed by atoms with van der Waals surface area (Å²) >= 11 is 0. The van der Waals surface area contributed by atoms with Crippen LogP contribution >= 0.6 is 0 Å². The molecule has 1 saturated heterocycles. The Morgan fingerprint density at radius 2 is 1.47 bits per heavy atom. The second-order valence-corrected chi connectivity index (χ2v) is 13.2. The van der Waals surface area contributed by atoms with Crippen molar-refractivity contribution in [3.05, 3.63) is 71.3 Å². The van der Waals surface area contributed by atoms with Crippen LogP contribution in [0.5, 0.6) is 0 Å². The molecule has 2 aliphatic rings. The summed E-state index contributed by atoms with van der Waals surface area (Å²) in [5.41, 5.74) is 5.01. The molecule has 232 valence electrons. The number of fused-ring (bicyclic) bond motifs is 3. The fraction of sp³-hybridized carbons (Fsp3) is 0.528. The van der Waals surface area contributed by atoms with Crippen LogP contribution in [0.2, 0.25) is 0 Å². The minimum Gasteiger partial charge on any atom is -0.343 e. The summed E-state index contributed by atoms with van der Waals surface area (Å²) in [5.74, 6) is -0.403. The van der Waals surface area contributed by atoms with Crippen molar-refractivity contribution in [2.75, 3.05) is 13.6 Å². The first-order valence-electron chi connectivity index (χ1n) is 15.9. The SMILES string of the molecule is CC(=C[C@H](C(C)C)N(C)C(=O)[C@@H](NC(=O)[C@H]1CCCCN1C(C)C)C(C)C)C(=O)NC1c2ccccc2-c2ccccc21. The van der Waals surface area contributed by atoms with Crippen molar-refractivity contribution >= 4 is 17.7 Å². The molecule has 7 nitrogen and oxygen atoms in total. The highest BCUT2D eigenvalue weighted by Crippen LogP contribution is 2.43. The van der Waals surface area contributed by atoms with Gasteiger partial charge in [0.05, 0.1) is 18.1 Å². The Bertz CT molecular complexity index is 1300. The molecule has 1 aliphatic carbocycles. The van der Waals surface area contributed by atoms with Crippen LogP contribution in [0.4, 0.5) is 0 Å². The number of likely N-dealkylation sites (N-methyl/N-ethyl adjacent to an activating group) is 1. The average Bonchev–Trinajstić information content (AvgIpc) is 3.30. The third-order valence-corrected chi connectivity index (χ3v) is 9.11. The van der Waals surface area contributed by atoms with E-state index in [1.807, 2.05) is 58.0 Å². The topological polar surface area (TPSA) is 81.8 Å². The molecule has 2 aromatic rings. The quantitative estimate of drug-likeness (QED) is 0.350. The van der Waals surface area contributed by atoms with Crippen LogP contribution in [0.3, 0.4) is 0 Å². The molecule has 1 fully saturated rings. The lowest BCUT2D eigenvalue weighted by Gasteiger charge is -2.39. The van der Waals surface area contributed by atoms with E-state index in [-0.39, 0.29) is 53.7 Å². The zero-order chi connectivity index (χ0) is 31.4. The molecule has 2 N–H and O–H groups in total. The van der Waals surface area contributed by atoms with Gasteiger partial charge >= 0.3 is 0 Å². The average molecular weight is 587 g/mol. The van der Waals surface area contributed by atoms with E-state index < -0.39 is 6.04 Å². The Hall–Kier alpha value is -3.45. The molecule has 2 aromatic carbocycles. The van der Waals surface area contributed by atoms with Gasteiger partial charge in [0.2, 0.25) is 17.7 Å². The van der Waals surface area contributed by atoms with E-state index >= 15 is 0 Å². The summed E-state index contributed by atoms with van der Waals surface area (Å²) in [7, 11) is 1.78. The summed E-state index contributed by atoms with van der Waals surface area (Å²) in [4.78, 5) is 44.9. The van der Waals surface area contributed by atoms with E-state index in [4.69, 9.17) is 0 Å². The summed E-state index contributed by atoms with van der Waals surface area (Å²) in [6, 6.07) is 15.2. The molecule has 3 amide bonds. The van der Waals surface area contributed by atoms with Gasteiger partial charge in [-0.1, -0.05) is 88.7 Å². The van der Waals surface area contributed by atoms with Crippen LogP contribution in [-0.2, 0) is 14.4 Å². The van der Waals surface area contributed by atoms with Crippen LogP contribution in [0.1, 0.15) is 84.9 Å². The first kappa shape index (κ1) is 32.5. The summed E-state index contributed by atoms with van der Waals surface area (Å²) < 4.78 is 0. The Morgan fingerprint density at radius 3 is 2.00 bits per heavy atom. The van der Waals surface area contributed by atoms with Crippen LogP contribution in [0.15, 0.2) is 60.2 Å². The van der Waals surface area contributed by atoms with Crippen molar-refractivity contribution in [3.63, 3.8) is 0 Å². The van der Waals surface area contributed by atoms with Gasteiger partial charge in [-0.15, -0.1) is 0 Å². The standard InChI is InChI=1S/C36H50N4O3/c1-22(2)31(39(8)36(43)32(23(3)4)37-35(42)30-19-13-14-20-40(30)24(5)6)21-25(7)34(41)38-33-28-17-11-9-15-26(28)27-16-10-12-18-29(27)33/h9-12,15-18,21-24,30-33H,13-14,19-20H2,1-8H3,(H,37,42)(H,38,41)/t30-,31-,32+/m1/s1. The number of carbonyl (C=O) groups excluding carboxylic acids is 3. The van der Waals surface area contributed by atoms with E-state index in [1.165, 1.54) is 0 Å². The minimum absolute atomic E-state index is 0.0583. The Kier molecular flexibility index (Phi) is 10.5. The molecule has 1 aliphatic heterocycles. The smallest absolute Gasteiger partial charge is 0.247 e. The fourth-order valence-corrected chi connectivity index (χ4v) is 6.62. The fourth-order valence-electron chi connectivity index (χ4n) is 6.62. The number of rotatable bonds is 10. The molecule has 4 rings (SSSR count). The molecule has 3 atom stereocenters. The number of benzene rings is 2. The molecule has 0 radical (unpaired) electrons. The molecule has 0 spiro atoms. The lowest BCUT2D eigenvalue weighted by atomic mass is 9.95. The number of piperidine rings is 1. The molecule has 0 unspecified atom stereocenters. The third-order valence-electron chi connectivity index (χ3n) is 9.11. The largest absolute Gasteiger partial charge is 0.343 e. The number of hydrogen-bond donors (Lipinski definition) is 2. The van der Waals surface area contributed by atoms with Gasteiger partial charge in [-0.25, -0.2) is 0 Å². The Labute approximate surface area is 258 Å². The normalized spacial score (nSPS) is 18.8. The highest BCUT2D eigenvalue weighted by Gasteiger charge is 2.36. The van der Waals surface area contributed by atoms with Gasteiger partial charge in [0.1, 0.15) is 6.04 Å². The van der Waals surface area contributed by atoms with E-state index in [0.717, 1.165) is 48.1 Å². The first-order valence-corrected chi connectivity index (χ1v) is 15.9. The molecular weight excluding hydrogens is 536 g/mol. The number of amides is 3.